The van der Waals surface area contributed by atoms with Crippen LogP contribution < -0.4 is 5.32 Å². The Hall–Kier alpha value is -1.10. The van der Waals surface area contributed by atoms with Crippen molar-refractivity contribution in [3.05, 3.63) is 0 Å². The first-order chi connectivity index (χ1) is 5.57. The molecule has 12 heavy (non-hydrogen) atoms. The topological polar surface area (TPSA) is 69.6 Å². The molecule has 0 aromatic rings. The van der Waals surface area contributed by atoms with Gasteiger partial charge in [-0.25, -0.2) is 0 Å². The van der Waals surface area contributed by atoms with Crippen LogP contribution >= 0.6 is 0 Å². The number of aliphatic hydroxyl groups excluding tert-OH is 1. The van der Waals surface area contributed by atoms with Gasteiger partial charge in [0.2, 0.25) is 11.8 Å². The molecule has 0 aromatic heterocycles. The van der Waals surface area contributed by atoms with Gasteiger partial charge >= 0.3 is 0 Å². The van der Waals surface area contributed by atoms with Crippen molar-refractivity contribution in [3.63, 3.8) is 0 Å². The van der Waals surface area contributed by atoms with Gasteiger partial charge in [0.1, 0.15) is 0 Å². The van der Waals surface area contributed by atoms with Crippen LogP contribution in [-0.2, 0) is 9.59 Å². The third kappa shape index (κ3) is 4.68. The van der Waals surface area contributed by atoms with E-state index in [-0.39, 0.29) is 25.0 Å². The SMILES string of the molecule is CC(=O)NCC(=O)N(C)CCO. The van der Waals surface area contributed by atoms with Crippen LogP contribution in [0.25, 0.3) is 0 Å². The quantitative estimate of drug-likeness (QED) is 0.549. The third-order valence-corrected chi connectivity index (χ3v) is 1.35. The fourth-order valence-electron chi connectivity index (χ4n) is 0.610. The Bertz CT molecular complexity index is 170. The standard InChI is InChI=1S/C7H14N2O3/c1-6(11)8-5-7(12)9(2)3-4-10/h10H,3-5H2,1-2H3,(H,8,11). The average Bonchev–Trinajstić information content (AvgIpc) is 2.00. The number of rotatable bonds is 4. The molecule has 0 spiro atoms. The molecular weight excluding hydrogens is 160 g/mol. The summed E-state index contributed by atoms with van der Waals surface area (Å²) < 4.78 is 0. The van der Waals surface area contributed by atoms with Crippen LogP contribution in [0.5, 0.6) is 0 Å². The molecule has 0 unspecified atom stereocenters. The molecule has 70 valence electrons. The van der Waals surface area contributed by atoms with E-state index in [4.69, 9.17) is 5.11 Å². The Morgan fingerprint density at radius 3 is 2.50 bits per heavy atom. The van der Waals surface area contributed by atoms with Crippen molar-refractivity contribution >= 4 is 11.8 Å². The molecule has 0 saturated heterocycles. The lowest BCUT2D eigenvalue weighted by Gasteiger charge is -2.15. The third-order valence-electron chi connectivity index (χ3n) is 1.35. The molecule has 0 atom stereocenters. The van der Waals surface area contributed by atoms with Gasteiger partial charge in [-0.15, -0.1) is 0 Å². The predicted molar refractivity (Wildman–Crippen MR) is 43.4 cm³/mol. The maximum absolute atomic E-state index is 11.0. The second-order valence-corrected chi connectivity index (χ2v) is 2.45. The molecule has 2 N–H and O–H groups in total. The van der Waals surface area contributed by atoms with E-state index in [1.807, 2.05) is 0 Å². The number of carbonyl (C=O) groups excluding carboxylic acids is 2. The lowest BCUT2D eigenvalue weighted by molar-refractivity contribution is -0.131. The second kappa shape index (κ2) is 5.54. The Morgan fingerprint density at radius 2 is 2.08 bits per heavy atom. The van der Waals surface area contributed by atoms with Crippen molar-refractivity contribution in [2.45, 2.75) is 6.92 Å². The summed E-state index contributed by atoms with van der Waals surface area (Å²) in [5.41, 5.74) is 0. The van der Waals surface area contributed by atoms with Gasteiger partial charge < -0.3 is 15.3 Å². The molecule has 0 saturated carbocycles. The van der Waals surface area contributed by atoms with Crippen LogP contribution in [0.4, 0.5) is 0 Å². The van der Waals surface area contributed by atoms with E-state index >= 15 is 0 Å². The molecule has 2 amide bonds. The Kier molecular flexibility index (Phi) is 5.03. The lowest BCUT2D eigenvalue weighted by atomic mass is 10.5. The maximum atomic E-state index is 11.0. The highest BCUT2D eigenvalue weighted by molar-refractivity contribution is 5.83. The minimum atomic E-state index is -0.235. The molecule has 0 bridgehead atoms. The summed E-state index contributed by atoms with van der Waals surface area (Å²) in [5.74, 6) is -0.444. The molecule has 0 heterocycles. The zero-order valence-electron chi connectivity index (χ0n) is 7.33. The first kappa shape index (κ1) is 10.9. The number of hydrogen-bond acceptors (Lipinski definition) is 3. The van der Waals surface area contributed by atoms with Crippen LogP contribution in [0.2, 0.25) is 0 Å². The molecule has 0 aliphatic rings. The van der Waals surface area contributed by atoms with Crippen LogP contribution in [0.3, 0.4) is 0 Å². The summed E-state index contributed by atoms with van der Waals surface area (Å²) in [4.78, 5) is 22.8. The van der Waals surface area contributed by atoms with E-state index in [1.165, 1.54) is 11.8 Å². The van der Waals surface area contributed by atoms with Crippen molar-refractivity contribution in [2.75, 3.05) is 26.7 Å². The molecule has 0 aliphatic heterocycles. The average molecular weight is 174 g/mol. The van der Waals surface area contributed by atoms with E-state index in [9.17, 15) is 9.59 Å². The number of hydrogen-bond donors (Lipinski definition) is 2. The van der Waals surface area contributed by atoms with E-state index in [0.29, 0.717) is 6.54 Å². The smallest absolute Gasteiger partial charge is 0.241 e. The summed E-state index contributed by atoms with van der Waals surface area (Å²) in [6, 6.07) is 0. The highest BCUT2D eigenvalue weighted by atomic mass is 16.3. The minimum Gasteiger partial charge on any atom is -0.395 e. The number of carbonyl (C=O) groups is 2. The summed E-state index contributed by atoms with van der Waals surface area (Å²) in [5, 5.41) is 10.9. The minimum absolute atomic E-state index is 0.00810. The lowest BCUT2D eigenvalue weighted by Crippen LogP contribution is -2.38. The molecule has 0 rings (SSSR count). The van der Waals surface area contributed by atoms with E-state index in [0.717, 1.165) is 0 Å². The zero-order valence-corrected chi connectivity index (χ0v) is 7.33. The van der Waals surface area contributed by atoms with E-state index in [1.54, 1.807) is 7.05 Å². The molecule has 0 fully saturated rings. The number of aliphatic hydroxyl groups is 1. The van der Waals surface area contributed by atoms with Gasteiger partial charge in [0, 0.05) is 20.5 Å². The molecule has 5 heteroatoms. The molecule has 0 aromatic carbocycles. The summed E-state index contributed by atoms with van der Waals surface area (Å²) in [6.07, 6.45) is 0. The van der Waals surface area contributed by atoms with Crippen LogP contribution in [0.15, 0.2) is 0 Å². The van der Waals surface area contributed by atoms with E-state index < -0.39 is 0 Å². The van der Waals surface area contributed by atoms with Crippen molar-refractivity contribution in [1.82, 2.24) is 10.2 Å². The number of amides is 2. The number of likely N-dealkylation sites (N-methyl/N-ethyl adjacent to an activating group) is 1. The first-order valence-corrected chi connectivity index (χ1v) is 3.67. The molecule has 5 nitrogen and oxygen atoms in total. The van der Waals surface area contributed by atoms with Gasteiger partial charge in [0.15, 0.2) is 0 Å². The van der Waals surface area contributed by atoms with Crippen molar-refractivity contribution < 1.29 is 14.7 Å². The zero-order chi connectivity index (χ0) is 9.56. The predicted octanol–water partition coefficient (Wildman–Crippen LogP) is -1.43. The highest BCUT2D eigenvalue weighted by Gasteiger charge is 2.07. The van der Waals surface area contributed by atoms with Gasteiger partial charge in [-0.3, -0.25) is 9.59 Å². The summed E-state index contributed by atoms with van der Waals surface area (Å²) >= 11 is 0. The molecule has 0 aliphatic carbocycles. The van der Waals surface area contributed by atoms with Gasteiger partial charge in [-0.1, -0.05) is 0 Å². The monoisotopic (exact) mass is 174 g/mol. The second-order valence-electron chi connectivity index (χ2n) is 2.45. The fraction of sp³-hybridized carbons (Fsp3) is 0.714. The van der Waals surface area contributed by atoms with Gasteiger partial charge in [0.25, 0.3) is 0 Å². The Balaban J connectivity index is 3.64. The van der Waals surface area contributed by atoms with Gasteiger partial charge in [-0.2, -0.15) is 0 Å². The Morgan fingerprint density at radius 1 is 1.50 bits per heavy atom. The maximum Gasteiger partial charge on any atom is 0.241 e. The fourth-order valence-corrected chi connectivity index (χ4v) is 0.610. The number of nitrogens with zero attached hydrogens (tertiary/aromatic N) is 1. The van der Waals surface area contributed by atoms with Gasteiger partial charge in [0.05, 0.1) is 13.2 Å². The summed E-state index contributed by atoms with van der Waals surface area (Å²) in [7, 11) is 1.57. The van der Waals surface area contributed by atoms with Crippen molar-refractivity contribution in [3.8, 4) is 0 Å². The number of nitrogens with one attached hydrogen (secondary N) is 1. The molecule has 0 radical (unpaired) electrons. The van der Waals surface area contributed by atoms with Crippen LogP contribution in [0.1, 0.15) is 6.92 Å². The van der Waals surface area contributed by atoms with Crippen molar-refractivity contribution in [2.24, 2.45) is 0 Å². The first-order valence-electron chi connectivity index (χ1n) is 3.67. The normalized spacial score (nSPS) is 9.25. The van der Waals surface area contributed by atoms with E-state index in [2.05, 4.69) is 5.32 Å². The van der Waals surface area contributed by atoms with Crippen LogP contribution in [-0.4, -0.2) is 48.6 Å². The van der Waals surface area contributed by atoms with Gasteiger partial charge in [-0.05, 0) is 0 Å². The Labute approximate surface area is 71.4 Å². The highest BCUT2D eigenvalue weighted by Crippen LogP contribution is 1.81. The summed E-state index contributed by atoms with van der Waals surface area (Å²) in [6.45, 7) is 1.56. The molecular formula is C7H14N2O3. The largest absolute Gasteiger partial charge is 0.395 e. The van der Waals surface area contributed by atoms with Crippen LogP contribution in [0, 0.1) is 0 Å². The van der Waals surface area contributed by atoms with Crippen molar-refractivity contribution in [1.29, 1.82) is 0 Å².